The van der Waals surface area contributed by atoms with Gasteiger partial charge in [0.25, 0.3) is 0 Å². The van der Waals surface area contributed by atoms with Gasteiger partial charge in [-0.25, -0.2) is 4.79 Å². The maximum absolute atomic E-state index is 12.0. The first-order chi connectivity index (χ1) is 8.47. The van der Waals surface area contributed by atoms with Crippen LogP contribution in [0.25, 0.3) is 0 Å². The normalized spacial score (nSPS) is 15.7. The number of nitrogens with one attached hydrogen (secondary N) is 1. The van der Waals surface area contributed by atoms with E-state index in [4.69, 9.17) is 5.11 Å². The van der Waals surface area contributed by atoms with Gasteiger partial charge in [-0.15, -0.1) is 0 Å². The molecule has 2 N–H and O–H groups in total. The van der Waals surface area contributed by atoms with E-state index in [9.17, 15) is 9.59 Å². The third kappa shape index (κ3) is 3.57. The van der Waals surface area contributed by atoms with Crippen molar-refractivity contribution in [1.29, 1.82) is 0 Å². The molecule has 1 aromatic rings. The van der Waals surface area contributed by atoms with Crippen molar-refractivity contribution in [3.8, 4) is 0 Å². The number of carbonyl (C=O) groups excluding carboxylic acids is 1. The van der Waals surface area contributed by atoms with Crippen LogP contribution in [0.3, 0.4) is 0 Å². The van der Waals surface area contributed by atoms with Gasteiger partial charge < -0.3 is 10.4 Å². The van der Waals surface area contributed by atoms with E-state index < -0.39 is 12.0 Å². The molecule has 0 aliphatic rings. The summed E-state index contributed by atoms with van der Waals surface area (Å²) in [6, 6.07) is 1.07. The molecule has 0 aliphatic heterocycles. The second-order valence-electron chi connectivity index (χ2n) is 4.49. The van der Waals surface area contributed by atoms with E-state index >= 15 is 0 Å². The molecular formula is C13H19NO3S. The molecule has 5 heteroatoms. The number of carbonyl (C=O) groups is 2. The number of thiophene rings is 1. The van der Waals surface area contributed by atoms with Gasteiger partial charge in [0.05, 0.1) is 5.92 Å². The Bertz CT molecular complexity index is 402. The van der Waals surface area contributed by atoms with Crippen LogP contribution in [0.15, 0.2) is 16.8 Å². The summed E-state index contributed by atoms with van der Waals surface area (Å²) in [5.74, 6) is -1.61. The summed E-state index contributed by atoms with van der Waals surface area (Å²) >= 11 is 1.52. The van der Waals surface area contributed by atoms with Crippen LogP contribution >= 0.6 is 11.3 Å². The van der Waals surface area contributed by atoms with Crippen molar-refractivity contribution in [2.45, 2.75) is 39.2 Å². The number of aliphatic carboxylic acids is 1. The van der Waals surface area contributed by atoms with Crippen molar-refractivity contribution in [1.82, 2.24) is 5.32 Å². The molecule has 0 radical (unpaired) electrons. The number of hydrogen-bond acceptors (Lipinski definition) is 3. The third-order valence-electron chi connectivity index (χ3n) is 3.21. The molecule has 1 rings (SSSR count). The average Bonchev–Trinajstić information content (AvgIpc) is 2.87. The molecule has 3 atom stereocenters. The largest absolute Gasteiger partial charge is 0.480 e. The molecule has 1 amide bonds. The lowest BCUT2D eigenvalue weighted by atomic mass is 9.97. The fourth-order valence-corrected chi connectivity index (χ4v) is 2.39. The summed E-state index contributed by atoms with van der Waals surface area (Å²) in [7, 11) is 0. The summed E-state index contributed by atoms with van der Waals surface area (Å²) < 4.78 is 0. The minimum atomic E-state index is -0.977. The minimum absolute atomic E-state index is 0.0823. The predicted molar refractivity (Wildman–Crippen MR) is 71.8 cm³/mol. The molecule has 0 spiro atoms. The molecule has 0 aromatic carbocycles. The highest BCUT2D eigenvalue weighted by Crippen LogP contribution is 2.19. The Morgan fingerprint density at radius 1 is 1.44 bits per heavy atom. The summed E-state index contributed by atoms with van der Waals surface area (Å²) in [5, 5.41) is 15.6. The van der Waals surface area contributed by atoms with E-state index in [0.29, 0.717) is 6.42 Å². The first-order valence-corrected chi connectivity index (χ1v) is 6.96. The molecule has 0 fully saturated rings. The lowest BCUT2D eigenvalue weighted by molar-refractivity contribution is -0.143. The Balaban J connectivity index is 2.70. The van der Waals surface area contributed by atoms with E-state index in [-0.39, 0.29) is 17.7 Å². The van der Waals surface area contributed by atoms with Crippen LogP contribution in [-0.2, 0) is 9.59 Å². The zero-order valence-electron chi connectivity index (χ0n) is 10.8. The molecule has 1 aromatic heterocycles. The Hall–Kier alpha value is -1.36. The van der Waals surface area contributed by atoms with Gasteiger partial charge in [0.1, 0.15) is 6.04 Å². The van der Waals surface area contributed by atoms with Crippen LogP contribution in [0.1, 0.15) is 38.7 Å². The van der Waals surface area contributed by atoms with Crippen molar-refractivity contribution in [3.63, 3.8) is 0 Å². The van der Waals surface area contributed by atoms with Gasteiger partial charge in [-0.05, 0) is 35.2 Å². The standard InChI is InChI=1S/C13H19NO3S/c1-4-8(2)11(13(16)17)14-12(15)9(3)10-5-6-18-7-10/h5-9,11H,4H2,1-3H3,(H,14,15)(H,16,17)/t8-,9+,11-/m0/s1. The fourth-order valence-electron chi connectivity index (χ4n) is 1.63. The van der Waals surface area contributed by atoms with Crippen molar-refractivity contribution >= 4 is 23.2 Å². The van der Waals surface area contributed by atoms with E-state index in [0.717, 1.165) is 5.56 Å². The van der Waals surface area contributed by atoms with Crippen molar-refractivity contribution < 1.29 is 14.7 Å². The molecular weight excluding hydrogens is 250 g/mol. The summed E-state index contributed by atoms with van der Waals surface area (Å²) in [4.78, 5) is 23.1. The van der Waals surface area contributed by atoms with Crippen LogP contribution in [0.5, 0.6) is 0 Å². The quantitative estimate of drug-likeness (QED) is 0.833. The lowest BCUT2D eigenvalue weighted by Crippen LogP contribution is -2.46. The van der Waals surface area contributed by atoms with E-state index in [1.165, 1.54) is 11.3 Å². The second-order valence-corrected chi connectivity index (χ2v) is 5.27. The van der Waals surface area contributed by atoms with Crippen molar-refractivity contribution in [3.05, 3.63) is 22.4 Å². The molecule has 0 saturated heterocycles. The number of hydrogen-bond donors (Lipinski definition) is 2. The zero-order chi connectivity index (χ0) is 13.7. The van der Waals surface area contributed by atoms with Crippen LogP contribution in [-0.4, -0.2) is 23.0 Å². The Kier molecular flexibility index (Phi) is 5.34. The highest BCUT2D eigenvalue weighted by Gasteiger charge is 2.27. The molecule has 0 aliphatic carbocycles. The first kappa shape index (κ1) is 14.7. The molecule has 1 heterocycles. The third-order valence-corrected chi connectivity index (χ3v) is 3.91. The molecule has 4 nitrogen and oxygen atoms in total. The lowest BCUT2D eigenvalue weighted by Gasteiger charge is -2.22. The molecule has 18 heavy (non-hydrogen) atoms. The number of rotatable bonds is 6. The van der Waals surface area contributed by atoms with Gasteiger partial charge >= 0.3 is 5.97 Å². The Labute approximate surface area is 111 Å². The van der Waals surface area contributed by atoms with Gasteiger partial charge in [0, 0.05) is 0 Å². The molecule has 100 valence electrons. The van der Waals surface area contributed by atoms with Gasteiger partial charge in [0.15, 0.2) is 0 Å². The summed E-state index contributed by atoms with van der Waals surface area (Å²) in [6.07, 6.45) is 0.712. The van der Waals surface area contributed by atoms with E-state index in [1.807, 2.05) is 30.7 Å². The topological polar surface area (TPSA) is 66.4 Å². The number of carboxylic acids is 1. The fraction of sp³-hybridized carbons (Fsp3) is 0.538. The Morgan fingerprint density at radius 3 is 2.56 bits per heavy atom. The molecule has 0 saturated carbocycles. The zero-order valence-corrected chi connectivity index (χ0v) is 11.7. The van der Waals surface area contributed by atoms with E-state index in [2.05, 4.69) is 5.32 Å². The summed E-state index contributed by atoms with van der Waals surface area (Å²) in [5.41, 5.74) is 0.922. The van der Waals surface area contributed by atoms with Crippen LogP contribution in [0, 0.1) is 5.92 Å². The van der Waals surface area contributed by atoms with Crippen LogP contribution in [0.2, 0.25) is 0 Å². The number of carboxylic acid groups (broad SMARTS) is 1. The highest BCUT2D eigenvalue weighted by molar-refractivity contribution is 7.08. The predicted octanol–water partition coefficient (Wildman–Crippen LogP) is 2.47. The van der Waals surface area contributed by atoms with Gasteiger partial charge in [-0.2, -0.15) is 11.3 Å². The number of amides is 1. The molecule has 0 bridgehead atoms. The molecule has 0 unspecified atom stereocenters. The maximum atomic E-state index is 12.0. The van der Waals surface area contributed by atoms with Crippen molar-refractivity contribution in [2.75, 3.05) is 0 Å². The SMILES string of the molecule is CC[C@H](C)[C@H](NC(=O)[C@H](C)c1ccsc1)C(=O)O. The highest BCUT2D eigenvalue weighted by atomic mass is 32.1. The monoisotopic (exact) mass is 269 g/mol. The Morgan fingerprint density at radius 2 is 2.11 bits per heavy atom. The van der Waals surface area contributed by atoms with Gasteiger partial charge in [-0.1, -0.05) is 20.3 Å². The minimum Gasteiger partial charge on any atom is -0.480 e. The van der Waals surface area contributed by atoms with Gasteiger partial charge in [-0.3, -0.25) is 4.79 Å². The first-order valence-electron chi connectivity index (χ1n) is 6.02. The van der Waals surface area contributed by atoms with Crippen LogP contribution < -0.4 is 5.32 Å². The van der Waals surface area contributed by atoms with E-state index in [1.54, 1.807) is 6.92 Å². The van der Waals surface area contributed by atoms with Crippen molar-refractivity contribution in [2.24, 2.45) is 5.92 Å². The summed E-state index contributed by atoms with van der Waals surface area (Å²) in [6.45, 7) is 5.52. The van der Waals surface area contributed by atoms with Gasteiger partial charge in [0.2, 0.25) is 5.91 Å². The van der Waals surface area contributed by atoms with Crippen LogP contribution in [0.4, 0.5) is 0 Å². The average molecular weight is 269 g/mol. The smallest absolute Gasteiger partial charge is 0.326 e. The maximum Gasteiger partial charge on any atom is 0.326 e. The second kappa shape index (κ2) is 6.54.